The van der Waals surface area contributed by atoms with Crippen molar-refractivity contribution < 1.29 is 0 Å². The Morgan fingerprint density at radius 1 is 1.28 bits per heavy atom. The zero-order valence-corrected chi connectivity index (χ0v) is 17.7. The van der Waals surface area contributed by atoms with E-state index < -0.39 is 0 Å². The van der Waals surface area contributed by atoms with Crippen molar-refractivity contribution in [2.24, 2.45) is 0 Å². The molecule has 1 aromatic carbocycles. The third-order valence-electron chi connectivity index (χ3n) is 5.68. The summed E-state index contributed by atoms with van der Waals surface area (Å²) in [5.41, 5.74) is 5.73. The van der Waals surface area contributed by atoms with Crippen LogP contribution in [0.4, 0.5) is 0 Å². The zero-order valence-electron chi connectivity index (χ0n) is 16.9. The predicted octanol–water partition coefficient (Wildman–Crippen LogP) is 4.35. The summed E-state index contributed by atoms with van der Waals surface area (Å²) in [5, 5.41) is 9.01. The van der Waals surface area contributed by atoms with Gasteiger partial charge in [0.15, 0.2) is 5.65 Å². The first-order valence-electron chi connectivity index (χ1n) is 10.3. The molecule has 1 aliphatic rings. The van der Waals surface area contributed by atoms with Crippen LogP contribution in [0.2, 0.25) is 5.02 Å². The third kappa shape index (κ3) is 4.53. The number of likely N-dealkylation sites (tertiary alicyclic amines) is 1. The van der Waals surface area contributed by atoms with Crippen LogP contribution in [0.15, 0.2) is 49.2 Å². The summed E-state index contributed by atoms with van der Waals surface area (Å²) in [5.74, 6) is 0.454. The molecule has 3 aromatic rings. The standard InChI is InChI=1S/C23H28ClN5/c1-3-11-25-14-21-17(2)27-29-22(10-12-26-23(21)29)19-5-4-13-28(16-19)15-18-6-8-20(24)9-7-18/h3,6-10,12,19,25H,1,4-5,11,13-16H2,2H3. The van der Waals surface area contributed by atoms with Gasteiger partial charge in [-0.3, -0.25) is 4.90 Å². The molecule has 1 saturated heterocycles. The number of hydrogen-bond donors (Lipinski definition) is 1. The van der Waals surface area contributed by atoms with Gasteiger partial charge in [0.1, 0.15) is 0 Å². The molecule has 0 spiro atoms. The number of nitrogens with one attached hydrogen (secondary N) is 1. The summed E-state index contributed by atoms with van der Waals surface area (Å²) >= 11 is 6.03. The van der Waals surface area contributed by atoms with Crippen LogP contribution in [0.25, 0.3) is 5.65 Å². The van der Waals surface area contributed by atoms with Gasteiger partial charge in [0.2, 0.25) is 0 Å². The SMILES string of the molecule is C=CCNCc1c(C)nn2c(C3CCCN(Cc4ccc(Cl)cc4)C3)ccnc12. The van der Waals surface area contributed by atoms with Gasteiger partial charge in [0, 0.05) is 48.9 Å². The van der Waals surface area contributed by atoms with Gasteiger partial charge in [-0.15, -0.1) is 6.58 Å². The summed E-state index contributed by atoms with van der Waals surface area (Å²) in [7, 11) is 0. The van der Waals surface area contributed by atoms with Crippen molar-refractivity contribution in [1.29, 1.82) is 0 Å². The molecule has 1 fully saturated rings. The molecule has 0 radical (unpaired) electrons. The Bertz CT molecular complexity index is 979. The smallest absolute Gasteiger partial charge is 0.159 e. The molecule has 1 N–H and O–H groups in total. The second-order valence-corrected chi connectivity index (χ2v) is 8.23. The highest BCUT2D eigenvalue weighted by atomic mass is 35.5. The third-order valence-corrected chi connectivity index (χ3v) is 5.93. The average molecular weight is 410 g/mol. The maximum atomic E-state index is 6.03. The number of benzene rings is 1. The molecule has 3 heterocycles. The molecular weight excluding hydrogens is 382 g/mol. The molecule has 2 aromatic heterocycles. The molecule has 0 amide bonds. The van der Waals surface area contributed by atoms with Crippen molar-refractivity contribution in [3.63, 3.8) is 0 Å². The topological polar surface area (TPSA) is 45.5 Å². The minimum atomic E-state index is 0.454. The highest BCUT2D eigenvalue weighted by molar-refractivity contribution is 6.30. The van der Waals surface area contributed by atoms with E-state index in [1.807, 2.05) is 24.4 Å². The Morgan fingerprint density at radius 3 is 2.90 bits per heavy atom. The number of fused-ring (bicyclic) bond motifs is 1. The lowest BCUT2D eigenvalue weighted by molar-refractivity contribution is 0.197. The highest BCUT2D eigenvalue weighted by Crippen LogP contribution is 2.29. The van der Waals surface area contributed by atoms with E-state index in [-0.39, 0.29) is 0 Å². The van der Waals surface area contributed by atoms with E-state index in [9.17, 15) is 0 Å². The Hall–Kier alpha value is -2.21. The van der Waals surface area contributed by atoms with Crippen LogP contribution in [0.1, 0.15) is 41.3 Å². The lowest BCUT2D eigenvalue weighted by Crippen LogP contribution is -2.34. The molecule has 0 saturated carbocycles. The van der Waals surface area contributed by atoms with Gasteiger partial charge >= 0.3 is 0 Å². The van der Waals surface area contributed by atoms with Crippen LogP contribution in [-0.2, 0) is 13.1 Å². The molecular formula is C23H28ClN5. The number of aromatic nitrogens is 3. The van der Waals surface area contributed by atoms with E-state index >= 15 is 0 Å². The average Bonchev–Trinajstić information content (AvgIpc) is 3.05. The summed E-state index contributed by atoms with van der Waals surface area (Å²) in [4.78, 5) is 7.17. The summed E-state index contributed by atoms with van der Waals surface area (Å²) in [6, 6.07) is 10.3. The number of aryl methyl sites for hydroxylation is 1. The van der Waals surface area contributed by atoms with Gasteiger partial charge in [-0.05, 0) is 50.1 Å². The molecule has 0 bridgehead atoms. The van der Waals surface area contributed by atoms with Crippen LogP contribution in [0.5, 0.6) is 0 Å². The van der Waals surface area contributed by atoms with Crippen molar-refractivity contribution in [3.8, 4) is 0 Å². The Kier molecular flexibility index (Phi) is 6.28. The molecule has 1 aliphatic heterocycles. The molecule has 1 unspecified atom stereocenters. The van der Waals surface area contributed by atoms with Gasteiger partial charge in [-0.2, -0.15) is 5.10 Å². The van der Waals surface area contributed by atoms with Gasteiger partial charge in [0.05, 0.1) is 11.4 Å². The van der Waals surface area contributed by atoms with Gasteiger partial charge in [-0.25, -0.2) is 9.50 Å². The van der Waals surface area contributed by atoms with Crippen LogP contribution in [-0.4, -0.2) is 39.1 Å². The van der Waals surface area contributed by atoms with Crippen molar-refractivity contribution >= 4 is 17.2 Å². The quantitative estimate of drug-likeness (QED) is 0.465. The molecule has 0 aliphatic carbocycles. The van der Waals surface area contributed by atoms with E-state index in [0.717, 1.165) is 49.1 Å². The molecule has 6 heteroatoms. The Morgan fingerprint density at radius 2 is 2.10 bits per heavy atom. The van der Waals surface area contributed by atoms with E-state index in [1.54, 1.807) is 0 Å². The number of nitrogens with zero attached hydrogens (tertiary/aromatic N) is 4. The molecule has 152 valence electrons. The summed E-state index contributed by atoms with van der Waals surface area (Å²) < 4.78 is 2.07. The number of piperidine rings is 1. The Labute approximate surface area is 177 Å². The fourth-order valence-electron chi connectivity index (χ4n) is 4.22. The van der Waals surface area contributed by atoms with Crippen LogP contribution in [0, 0.1) is 6.92 Å². The largest absolute Gasteiger partial charge is 0.309 e. The first-order valence-corrected chi connectivity index (χ1v) is 10.6. The number of hydrogen-bond acceptors (Lipinski definition) is 4. The number of halogens is 1. The molecule has 29 heavy (non-hydrogen) atoms. The van der Waals surface area contributed by atoms with Gasteiger partial charge < -0.3 is 5.32 Å². The van der Waals surface area contributed by atoms with Crippen molar-refractivity contribution in [1.82, 2.24) is 24.8 Å². The maximum absolute atomic E-state index is 6.03. The van der Waals surface area contributed by atoms with Crippen molar-refractivity contribution in [3.05, 3.63) is 76.7 Å². The maximum Gasteiger partial charge on any atom is 0.159 e. The Balaban J connectivity index is 1.54. The first kappa shape index (κ1) is 20.1. The molecule has 5 nitrogen and oxygen atoms in total. The monoisotopic (exact) mass is 409 g/mol. The van der Waals surface area contributed by atoms with Crippen LogP contribution < -0.4 is 5.32 Å². The minimum absolute atomic E-state index is 0.454. The van der Waals surface area contributed by atoms with Crippen LogP contribution >= 0.6 is 11.6 Å². The zero-order chi connectivity index (χ0) is 20.2. The second-order valence-electron chi connectivity index (χ2n) is 7.79. The van der Waals surface area contributed by atoms with Crippen molar-refractivity contribution in [2.45, 2.75) is 38.8 Å². The van der Waals surface area contributed by atoms with E-state index in [0.29, 0.717) is 5.92 Å². The second kappa shape index (κ2) is 9.08. The first-order chi connectivity index (χ1) is 14.2. The van der Waals surface area contributed by atoms with Crippen LogP contribution in [0.3, 0.4) is 0 Å². The van der Waals surface area contributed by atoms with Gasteiger partial charge in [-0.1, -0.05) is 29.8 Å². The summed E-state index contributed by atoms with van der Waals surface area (Å²) in [6.07, 6.45) is 6.17. The lowest BCUT2D eigenvalue weighted by atomic mass is 9.94. The fraction of sp³-hybridized carbons (Fsp3) is 0.391. The van der Waals surface area contributed by atoms with Gasteiger partial charge in [0.25, 0.3) is 0 Å². The lowest BCUT2D eigenvalue weighted by Gasteiger charge is -2.33. The number of rotatable bonds is 7. The predicted molar refractivity (Wildman–Crippen MR) is 118 cm³/mol. The molecule has 1 atom stereocenters. The van der Waals surface area contributed by atoms with E-state index in [4.69, 9.17) is 16.7 Å². The highest BCUT2D eigenvalue weighted by Gasteiger charge is 2.25. The van der Waals surface area contributed by atoms with E-state index in [2.05, 4.69) is 51.4 Å². The van der Waals surface area contributed by atoms with Crippen molar-refractivity contribution in [2.75, 3.05) is 19.6 Å². The van der Waals surface area contributed by atoms with E-state index in [1.165, 1.54) is 29.7 Å². The fourth-order valence-corrected chi connectivity index (χ4v) is 4.34. The minimum Gasteiger partial charge on any atom is -0.309 e. The molecule has 4 rings (SSSR count). The normalized spacial score (nSPS) is 17.7. The summed E-state index contributed by atoms with van der Waals surface area (Å²) in [6.45, 7) is 10.5.